The highest BCUT2D eigenvalue weighted by Gasteiger charge is 2.27. The highest BCUT2D eigenvalue weighted by molar-refractivity contribution is 5.96. The van der Waals surface area contributed by atoms with E-state index in [1.165, 1.54) is 6.42 Å². The number of hydrogen-bond acceptors (Lipinski definition) is 4. The lowest BCUT2D eigenvalue weighted by atomic mass is 10.0. The number of hydrogen-bond donors (Lipinski definition) is 0. The smallest absolute Gasteiger partial charge is 0.254 e. The molecule has 21 heavy (non-hydrogen) atoms. The van der Waals surface area contributed by atoms with Crippen molar-refractivity contribution in [1.82, 2.24) is 4.90 Å². The van der Waals surface area contributed by atoms with Gasteiger partial charge in [0.25, 0.3) is 5.91 Å². The Hall–Kier alpha value is -1.91. The molecule has 0 radical (unpaired) electrons. The van der Waals surface area contributed by atoms with E-state index in [1.807, 2.05) is 4.90 Å². The number of nitrogens with zero attached hydrogens (tertiary/aromatic N) is 1. The van der Waals surface area contributed by atoms with Gasteiger partial charge in [0.2, 0.25) is 5.75 Å². The van der Waals surface area contributed by atoms with Crippen LogP contribution in [0, 0.1) is 0 Å². The lowest BCUT2D eigenvalue weighted by molar-refractivity contribution is 0.0634. The first-order chi connectivity index (χ1) is 10.2. The molecule has 1 aromatic carbocycles. The van der Waals surface area contributed by atoms with Crippen LogP contribution < -0.4 is 14.2 Å². The molecule has 0 N–H and O–H groups in total. The van der Waals surface area contributed by atoms with E-state index in [9.17, 15) is 4.79 Å². The average molecular weight is 291 g/mol. The molecule has 0 saturated carbocycles. The summed E-state index contributed by atoms with van der Waals surface area (Å²) in [7, 11) is 1.57. The van der Waals surface area contributed by atoms with Crippen LogP contribution in [-0.2, 0) is 0 Å². The van der Waals surface area contributed by atoms with E-state index >= 15 is 0 Å². The molecule has 5 nitrogen and oxygen atoms in total. The molecule has 1 atom stereocenters. The summed E-state index contributed by atoms with van der Waals surface area (Å²) in [5.74, 6) is 1.78. The second kappa shape index (κ2) is 5.84. The van der Waals surface area contributed by atoms with Gasteiger partial charge in [-0.25, -0.2) is 0 Å². The van der Waals surface area contributed by atoms with Gasteiger partial charge in [-0.2, -0.15) is 0 Å². The van der Waals surface area contributed by atoms with Crippen molar-refractivity contribution in [2.45, 2.75) is 32.2 Å². The molecule has 1 saturated heterocycles. The number of carbonyl (C=O) groups is 1. The van der Waals surface area contributed by atoms with Crippen molar-refractivity contribution in [1.29, 1.82) is 0 Å². The average Bonchev–Trinajstić information content (AvgIpc) is 2.53. The predicted molar refractivity (Wildman–Crippen MR) is 78.3 cm³/mol. The second-order valence-electron chi connectivity index (χ2n) is 5.55. The summed E-state index contributed by atoms with van der Waals surface area (Å²) < 4.78 is 16.5. The topological polar surface area (TPSA) is 48.0 Å². The molecule has 1 aromatic rings. The van der Waals surface area contributed by atoms with E-state index in [-0.39, 0.29) is 11.9 Å². The fourth-order valence-electron chi connectivity index (χ4n) is 2.96. The van der Waals surface area contributed by atoms with Gasteiger partial charge < -0.3 is 19.1 Å². The fraction of sp³-hybridized carbons (Fsp3) is 0.562. The van der Waals surface area contributed by atoms with Crippen molar-refractivity contribution in [2.24, 2.45) is 0 Å². The van der Waals surface area contributed by atoms with Crippen LogP contribution in [0.4, 0.5) is 0 Å². The largest absolute Gasteiger partial charge is 0.493 e. The highest BCUT2D eigenvalue weighted by atomic mass is 16.6. The minimum atomic E-state index is 0.0393. The van der Waals surface area contributed by atoms with Gasteiger partial charge in [-0.05, 0) is 38.3 Å². The molecule has 2 aliphatic rings. The first-order valence-corrected chi connectivity index (χ1v) is 7.49. The minimum absolute atomic E-state index is 0.0393. The molecular formula is C16H21NO4. The van der Waals surface area contributed by atoms with Crippen molar-refractivity contribution >= 4 is 5.91 Å². The zero-order chi connectivity index (χ0) is 14.8. The van der Waals surface area contributed by atoms with Crippen molar-refractivity contribution in [3.8, 4) is 17.2 Å². The Morgan fingerprint density at radius 1 is 1.29 bits per heavy atom. The van der Waals surface area contributed by atoms with Crippen molar-refractivity contribution in [2.75, 3.05) is 26.9 Å². The molecule has 0 aliphatic carbocycles. The number of fused-ring (bicyclic) bond motifs is 1. The number of piperidine rings is 1. The summed E-state index contributed by atoms with van der Waals surface area (Å²) in [5, 5.41) is 0. The normalized spacial score (nSPS) is 21.0. The molecule has 114 valence electrons. The number of rotatable bonds is 2. The summed E-state index contributed by atoms with van der Waals surface area (Å²) in [4.78, 5) is 14.7. The maximum absolute atomic E-state index is 12.7. The maximum atomic E-state index is 12.7. The molecule has 1 unspecified atom stereocenters. The van der Waals surface area contributed by atoms with Gasteiger partial charge in [0.15, 0.2) is 11.5 Å². The quantitative estimate of drug-likeness (QED) is 0.840. The third kappa shape index (κ3) is 2.64. The van der Waals surface area contributed by atoms with Crippen LogP contribution in [-0.4, -0.2) is 43.7 Å². The van der Waals surface area contributed by atoms with Crippen LogP contribution in [0.25, 0.3) is 0 Å². The molecule has 0 spiro atoms. The van der Waals surface area contributed by atoms with Gasteiger partial charge >= 0.3 is 0 Å². The first-order valence-electron chi connectivity index (χ1n) is 7.49. The Kier molecular flexibility index (Phi) is 3.90. The van der Waals surface area contributed by atoms with E-state index in [0.29, 0.717) is 36.0 Å². The number of likely N-dealkylation sites (tertiary alicyclic amines) is 1. The number of carbonyl (C=O) groups excluding carboxylic acids is 1. The summed E-state index contributed by atoms with van der Waals surface area (Å²) >= 11 is 0. The SMILES string of the molecule is COc1cc(C(=O)N2CCCCC2C)cc2c1OCCO2. The predicted octanol–water partition coefficient (Wildman–Crippen LogP) is 2.48. The van der Waals surface area contributed by atoms with Crippen LogP contribution >= 0.6 is 0 Å². The van der Waals surface area contributed by atoms with Gasteiger partial charge in [-0.1, -0.05) is 0 Å². The van der Waals surface area contributed by atoms with Crippen molar-refractivity contribution < 1.29 is 19.0 Å². The second-order valence-corrected chi connectivity index (χ2v) is 5.55. The monoisotopic (exact) mass is 291 g/mol. The number of ether oxygens (including phenoxy) is 3. The zero-order valence-corrected chi connectivity index (χ0v) is 12.6. The summed E-state index contributed by atoms with van der Waals surface area (Å²) in [6.45, 7) is 3.91. The Morgan fingerprint density at radius 3 is 2.86 bits per heavy atom. The van der Waals surface area contributed by atoms with Crippen LogP contribution in [0.3, 0.4) is 0 Å². The maximum Gasteiger partial charge on any atom is 0.254 e. The molecule has 1 amide bonds. The number of amides is 1. The molecular weight excluding hydrogens is 270 g/mol. The Labute approximate surface area is 124 Å². The van der Waals surface area contributed by atoms with E-state index in [1.54, 1.807) is 19.2 Å². The Bertz CT molecular complexity index is 526. The van der Waals surface area contributed by atoms with E-state index in [2.05, 4.69) is 6.92 Å². The number of benzene rings is 1. The molecule has 5 heteroatoms. The third-order valence-corrected chi connectivity index (χ3v) is 4.14. The summed E-state index contributed by atoms with van der Waals surface area (Å²) in [6.07, 6.45) is 3.32. The fourth-order valence-corrected chi connectivity index (χ4v) is 2.96. The summed E-state index contributed by atoms with van der Waals surface area (Å²) in [5.41, 5.74) is 0.602. The zero-order valence-electron chi connectivity index (χ0n) is 12.6. The van der Waals surface area contributed by atoms with Gasteiger partial charge in [0.05, 0.1) is 7.11 Å². The van der Waals surface area contributed by atoms with E-state index in [4.69, 9.17) is 14.2 Å². The summed E-state index contributed by atoms with van der Waals surface area (Å²) in [6, 6.07) is 3.79. The number of methoxy groups -OCH3 is 1. The molecule has 2 heterocycles. The lowest BCUT2D eigenvalue weighted by Crippen LogP contribution is -2.42. The lowest BCUT2D eigenvalue weighted by Gasteiger charge is -2.33. The molecule has 2 aliphatic heterocycles. The van der Waals surface area contributed by atoms with Crippen LogP contribution in [0.1, 0.15) is 36.5 Å². The minimum Gasteiger partial charge on any atom is -0.493 e. The molecule has 3 rings (SSSR count). The molecule has 1 fully saturated rings. The third-order valence-electron chi connectivity index (χ3n) is 4.14. The van der Waals surface area contributed by atoms with Crippen molar-refractivity contribution in [3.05, 3.63) is 17.7 Å². The van der Waals surface area contributed by atoms with Gasteiger partial charge in [0, 0.05) is 18.2 Å². The van der Waals surface area contributed by atoms with Gasteiger partial charge in [-0.3, -0.25) is 4.79 Å². The van der Waals surface area contributed by atoms with Crippen molar-refractivity contribution in [3.63, 3.8) is 0 Å². The Balaban J connectivity index is 1.92. The molecule has 0 bridgehead atoms. The Morgan fingerprint density at radius 2 is 2.10 bits per heavy atom. The van der Waals surface area contributed by atoms with Crippen LogP contribution in [0.5, 0.6) is 17.2 Å². The van der Waals surface area contributed by atoms with E-state index in [0.717, 1.165) is 19.4 Å². The van der Waals surface area contributed by atoms with E-state index < -0.39 is 0 Å². The first kappa shape index (κ1) is 14.0. The standard InChI is InChI=1S/C16H21NO4/c1-11-5-3-4-6-17(11)16(18)12-9-13(19-2)15-14(10-12)20-7-8-21-15/h9-11H,3-8H2,1-2H3. The van der Waals surface area contributed by atoms with Gasteiger partial charge in [0.1, 0.15) is 13.2 Å². The molecule has 0 aromatic heterocycles. The highest BCUT2D eigenvalue weighted by Crippen LogP contribution is 2.40. The van der Waals surface area contributed by atoms with Crippen LogP contribution in [0.2, 0.25) is 0 Å². The van der Waals surface area contributed by atoms with Crippen LogP contribution in [0.15, 0.2) is 12.1 Å². The van der Waals surface area contributed by atoms with Gasteiger partial charge in [-0.15, -0.1) is 0 Å².